The Kier molecular flexibility index (Phi) is 4.19. The van der Waals surface area contributed by atoms with Crippen LogP contribution in [0.25, 0.3) is 11.3 Å². The lowest BCUT2D eigenvalue weighted by Gasteiger charge is -2.25. The summed E-state index contributed by atoms with van der Waals surface area (Å²) in [6, 6.07) is 7.79. The molecule has 25 heavy (non-hydrogen) atoms. The number of hydrogen-bond donors (Lipinski definition) is 4. The summed E-state index contributed by atoms with van der Waals surface area (Å²) in [7, 11) is 1.65. The fraction of sp³-hybridized carbons (Fsp3) is 0.444. The number of nitrogens with zero attached hydrogens (tertiary/aromatic N) is 1. The van der Waals surface area contributed by atoms with Crippen LogP contribution in [0.15, 0.2) is 30.5 Å². The van der Waals surface area contributed by atoms with E-state index in [1.165, 1.54) is 0 Å². The molecule has 2 fully saturated rings. The highest BCUT2D eigenvalue weighted by Crippen LogP contribution is 2.35. The van der Waals surface area contributed by atoms with Crippen molar-refractivity contribution in [1.29, 1.82) is 0 Å². The quantitative estimate of drug-likeness (QED) is 0.636. The van der Waals surface area contributed by atoms with Crippen LogP contribution in [0.1, 0.15) is 5.56 Å². The standard InChI is InChI=1S/C18H23N5O2/c1-25-15-4-2-12(3-5-15)16-13(7-22-23-16)6-21-17(24)18-10-19-8-14(18)9-20-11-18/h2-5,7,14,19-20H,6,8-11H2,1H3,(H,21,24)(H,22,23). The molecule has 0 spiro atoms. The molecule has 0 aliphatic carbocycles. The maximum Gasteiger partial charge on any atom is 0.229 e. The van der Waals surface area contributed by atoms with Gasteiger partial charge >= 0.3 is 0 Å². The lowest BCUT2D eigenvalue weighted by Crippen LogP contribution is -2.46. The first-order chi connectivity index (χ1) is 12.2. The van der Waals surface area contributed by atoms with E-state index in [2.05, 4.69) is 26.1 Å². The Morgan fingerprint density at radius 3 is 2.68 bits per heavy atom. The zero-order chi connectivity index (χ0) is 17.3. The van der Waals surface area contributed by atoms with Crippen molar-refractivity contribution in [3.05, 3.63) is 36.0 Å². The van der Waals surface area contributed by atoms with Crippen molar-refractivity contribution in [3.63, 3.8) is 0 Å². The van der Waals surface area contributed by atoms with Gasteiger partial charge in [0.25, 0.3) is 0 Å². The average Bonchev–Trinajstić information content (AvgIpc) is 3.35. The summed E-state index contributed by atoms with van der Waals surface area (Å²) in [5.41, 5.74) is 2.60. The van der Waals surface area contributed by atoms with Gasteiger partial charge in [-0.05, 0) is 24.3 Å². The second-order valence-electron chi connectivity index (χ2n) is 6.80. The van der Waals surface area contributed by atoms with Gasteiger partial charge in [-0.2, -0.15) is 5.10 Å². The zero-order valence-electron chi connectivity index (χ0n) is 14.3. The lowest BCUT2D eigenvalue weighted by atomic mass is 9.80. The van der Waals surface area contributed by atoms with Crippen LogP contribution in [0.2, 0.25) is 0 Å². The molecule has 4 N–H and O–H groups in total. The number of nitrogens with one attached hydrogen (secondary N) is 4. The fourth-order valence-electron chi connectivity index (χ4n) is 3.90. The van der Waals surface area contributed by atoms with Gasteiger partial charge in [0.1, 0.15) is 5.75 Å². The maximum absolute atomic E-state index is 12.8. The second-order valence-corrected chi connectivity index (χ2v) is 6.80. The molecule has 1 aromatic heterocycles. The number of aromatic amines is 1. The third-order valence-corrected chi connectivity index (χ3v) is 5.43. The van der Waals surface area contributed by atoms with E-state index < -0.39 is 0 Å². The van der Waals surface area contributed by atoms with E-state index in [9.17, 15) is 4.79 Å². The molecule has 1 amide bonds. The van der Waals surface area contributed by atoms with Gasteiger partial charge in [-0.1, -0.05) is 0 Å². The Labute approximate surface area is 146 Å². The van der Waals surface area contributed by atoms with E-state index in [0.29, 0.717) is 12.5 Å². The van der Waals surface area contributed by atoms with Gasteiger partial charge in [0.15, 0.2) is 0 Å². The van der Waals surface area contributed by atoms with E-state index in [1.807, 2.05) is 24.3 Å². The Hall–Kier alpha value is -2.38. The van der Waals surface area contributed by atoms with Crippen molar-refractivity contribution in [2.75, 3.05) is 33.3 Å². The average molecular weight is 341 g/mol. The van der Waals surface area contributed by atoms with Gasteiger partial charge in [0, 0.05) is 49.8 Å². The predicted octanol–water partition coefficient (Wildman–Crippen LogP) is 0.511. The molecule has 0 unspecified atom stereocenters. The minimum Gasteiger partial charge on any atom is -0.497 e. The van der Waals surface area contributed by atoms with Crippen LogP contribution in [-0.4, -0.2) is 49.4 Å². The van der Waals surface area contributed by atoms with Gasteiger partial charge in [-0.3, -0.25) is 9.89 Å². The van der Waals surface area contributed by atoms with Crippen molar-refractivity contribution >= 4 is 5.91 Å². The highest BCUT2D eigenvalue weighted by atomic mass is 16.5. The SMILES string of the molecule is COc1ccc(-c2[nH]ncc2CNC(=O)C23CNCC2CNC3)cc1. The molecule has 1 aromatic carbocycles. The molecule has 2 aromatic rings. The monoisotopic (exact) mass is 341 g/mol. The molecule has 2 aliphatic heterocycles. The number of carbonyl (C=O) groups excluding carboxylic acids is 1. The number of benzene rings is 1. The van der Waals surface area contributed by atoms with E-state index in [-0.39, 0.29) is 11.3 Å². The zero-order valence-corrected chi connectivity index (χ0v) is 14.3. The molecular formula is C18H23N5O2. The molecule has 4 rings (SSSR count). The Bertz CT molecular complexity index is 745. The van der Waals surface area contributed by atoms with Gasteiger partial charge in [-0.25, -0.2) is 0 Å². The molecule has 132 valence electrons. The van der Waals surface area contributed by atoms with Crippen LogP contribution in [-0.2, 0) is 11.3 Å². The number of methoxy groups -OCH3 is 1. The molecule has 0 bridgehead atoms. The summed E-state index contributed by atoms with van der Waals surface area (Å²) in [6.45, 7) is 3.76. The summed E-state index contributed by atoms with van der Waals surface area (Å²) in [5.74, 6) is 1.30. The van der Waals surface area contributed by atoms with Crippen LogP contribution >= 0.6 is 0 Å². The number of fused-ring (bicyclic) bond motifs is 1. The van der Waals surface area contributed by atoms with Gasteiger partial charge in [0.05, 0.1) is 24.4 Å². The minimum absolute atomic E-state index is 0.120. The Morgan fingerprint density at radius 2 is 2.00 bits per heavy atom. The van der Waals surface area contributed by atoms with Crippen LogP contribution in [0.3, 0.4) is 0 Å². The third kappa shape index (κ3) is 2.79. The molecule has 3 heterocycles. The minimum atomic E-state index is -0.315. The molecule has 0 atom stereocenters. The van der Waals surface area contributed by atoms with Crippen LogP contribution in [0.5, 0.6) is 5.75 Å². The van der Waals surface area contributed by atoms with Gasteiger partial charge in [0.2, 0.25) is 5.91 Å². The third-order valence-electron chi connectivity index (χ3n) is 5.43. The van der Waals surface area contributed by atoms with Crippen molar-refractivity contribution in [2.45, 2.75) is 6.54 Å². The molecule has 2 saturated heterocycles. The van der Waals surface area contributed by atoms with Gasteiger partial charge < -0.3 is 20.7 Å². The number of aromatic nitrogens is 2. The number of H-pyrrole nitrogens is 1. The summed E-state index contributed by atoms with van der Waals surface area (Å²) >= 11 is 0. The van der Waals surface area contributed by atoms with E-state index in [0.717, 1.165) is 48.7 Å². The fourth-order valence-corrected chi connectivity index (χ4v) is 3.90. The second kappa shape index (κ2) is 6.50. The van der Waals surface area contributed by atoms with Crippen LogP contribution < -0.4 is 20.7 Å². The Balaban J connectivity index is 1.47. The smallest absolute Gasteiger partial charge is 0.229 e. The normalized spacial score (nSPS) is 24.9. The summed E-state index contributed by atoms with van der Waals surface area (Å²) < 4.78 is 5.20. The van der Waals surface area contributed by atoms with Crippen molar-refractivity contribution in [1.82, 2.24) is 26.1 Å². The molecular weight excluding hydrogens is 318 g/mol. The highest BCUT2D eigenvalue weighted by molar-refractivity contribution is 5.84. The predicted molar refractivity (Wildman–Crippen MR) is 94.1 cm³/mol. The number of amides is 1. The first kappa shape index (κ1) is 16.1. The topological polar surface area (TPSA) is 91.1 Å². The maximum atomic E-state index is 12.8. The van der Waals surface area contributed by atoms with E-state index >= 15 is 0 Å². The van der Waals surface area contributed by atoms with E-state index in [4.69, 9.17) is 4.74 Å². The number of hydrogen-bond acceptors (Lipinski definition) is 5. The molecule has 7 heteroatoms. The molecule has 0 radical (unpaired) electrons. The van der Waals surface area contributed by atoms with Gasteiger partial charge in [-0.15, -0.1) is 0 Å². The van der Waals surface area contributed by atoms with Crippen LogP contribution in [0, 0.1) is 11.3 Å². The largest absolute Gasteiger partial charge is 0.497 e. The number of carbonyl (C=O) groups is 1. The summed E-state index contributed by atoms with van der Waals surface area (Å²) in [6.07, 6.45) is 1.77. The van der Waals surface area contributed by atoms with Crippen molar-refractivity contribution < 1.29 is 9.53 Å². The first-order valence-electron chi connectivity index (χ1n) is 8.59. The number of ether oxygens (including phenoxy) is 1. The van der Waals surface area contributed by atoms with Crippen LogP contribution in [0.4, 0.5) is 0 Å². The molecule has 0 saturated carbocycles. The molecule has 7 nitrogen and oxygen atoms in total. The first-order valence-corrected chi connectivity index (χ1v) is 8.59. The summed E-state index contributed by atoms with van der Waals surface area (Å²) in [4.78, 5) is 12.8. The molecule has 2 aliphatic rings. The Morgan fingerprint density at radius 1 is 1.28 bits per heavy atom. The lowest BCUT2D eigenvalue weighted by molar-refractivity contribution is -0.130. The van der Waals surface area contributed by atoms with Crippen molar-refractivity contribution in [2.24, 2.45) is 11.3 Å². The highest BCUT2D eigenvalue weighted by Gasteiger charge is 2.51. The number of rotatable bonds is 5. The van der Waals surface area contributed by atoms with E-state index in [1.54, 1.807) is 13.3 Å². The van der Waals surface area contributed by atoms with Crippen molar-refractivity contribution in [3.8, 4) is 17.0 Å². The summed E-state index contributed by atoms with van der Waals surface area (Å²) in [5, 5.41) is 17.0.